The molecular formula is C14H19N3O3. The summed E-state index contributed by atoms with van der Waals surface area (Å²) < 4.78 is 10.8. The smallest absolute Gasteiger partial charge is 0.258 e. The predicted molar refractivity (Wildman–Crippen MR) is 75.7 cm³/mol. The molecule has 0 radical (unpaired) electrons. The van der Waals surface area contributed by atoms with Crippen LogP contribution in [0.2, 0.25) is 0 Å². The second-order valence-electron chi connectivity index (χ2n) is 4.57. The van der Waals surface area contributed by atoms with Gasteiger partial charge in [-0.1, -0.05) is 0 Å². The average Bonchev–Trinajstić information content (AvgIpc) is 2.98. The molecule has 1 unspecified atom stereocenters. The van der Waals surface area contributed by atoms with Gasteiger partial charge in [0.2, 0.25) is 0 Å². The molecule has 1 aliphatic heterocycles. The van der Waals surface area contributed by atoms with Crippen molar-refractivity contribution >= 4 is 12.1 Å². The lowest BCUT2D eigenvalue weighted by molar-refractivity contribution is -0.123. The van der Waals surface area contributed by atoms with Crippen molar-refractivity contribution in [3.05, 3.63) is 29.8 Å². The van der Waals surface area contributed by atoms with Crippen LogP contribution in [0.4, 0.5) is 0 Å². The minimum atomic E-state index is -0.145. The minimum Gasteiger partial charge on any atom is -0.484 e. The molecule has 1 heterocycles. The summed E-state index contributed by atoms with van der Waals surface area (Å²) in [6.45, 7) is 1.33. The molecule has 0 aromatic heterocycles. The number of benzene rings is 1. The molecule has 1 aromatic carbocycles. The highest BCUT2D eigenvalue weighted by Crippen LogP contribution is 2.12. The van der Waals surface area contributed by atoms with E-state index in [1.54, 1.807) is 12.1 Å². The van der Waals surface area contributed by atoms with Crippen LogP contribution in [0.5, 0.6) is 5.75 Å². The Labute approximate surface area is 117 Å². The maximum absolute atomic E-state index is 11.6. The molecule has 2 rings (SSSR count). The SMILES string of the molecule is NN=Cc1ccc(OCC(=O)NCC2CCCO2)cc1. The number of amides is 1. The van der Waals surface area contributed by atoms with E-state index in [-0.39, 0.29) is 18.6 Å². The molecule has 1 aromatic rings. The first-order valence-electron chi connectivity index (χ1n) is 6.62. The molecule has 108 valence electrons. The van der Waals surface area contributed by atoms with E-state index >= 15 is 0 Å². The second-order valence-corrected chi connectivity index (χ2v) is 4.57. The third-order valence-electron chi connectivity index (χ3n) is 3.02. The highest BCUT2D eigenvalue weighted by atomic mass is 16.5. The van der Waals surface area contributed by atoms with Crippen LogP contribution in [-0.2, 0) is 9.53 Å². The number of carbonyl (C=O) groups is 1. The average molecular weight is 277 g/mol. The van der Waals surface area contributed by atoms with Gasteiger partial charge in [-0.25, -0.2) is 0 Å². The van der Waals surface area contributed by atoms with Gasteiger partial charge in [-0.3, -0.25) is 4.79 Å². The normalized spacial score (nSPS) is 18.3. The van der Waals surface area contributed by atoms with E-state index in [4.69, 9.17) is 15.3 Å². The van der Waals surface area contributed by atoms with Crippen LogP contribution >= 0.6 is 0 Å². The predicted octanol–water partition coefficient (Wildman–Crippen LogP) is 0.653. The van der Waals surface area contributed by atoms with Crippen molar-refractivity contribution < 1.29 is 14.3 Å². The Hall–Kier alpha value is -2.08. The number of nitrogens with two attached hydrogens (primary N) is 1. The van der Waals surface area contributed by atoms with Gasteiger partial charge in [-0.05, 0) is 42.7 Å². The van der Waals surface area contributed by atoms with Crippen LogP contribution in [0.3, 0.4) is 0 Å². The fourth-order valence-electron chi connectivity index (χ4n) is 1.97. The summed E-state index contributed by atoms with van der Waals surface area (Å²) in [5.41, 5.74) is 0.877. The molecule has 0 bridgehead atoms. The summed E-state index contributed by atoms with van der Waals surface area (Å²) in [5.74, 6) is 5.54. The zero-order valence-electron chi connectivity index (χ0n) is 11.2. The largest absolute Gasteiger partial charge is 0.484 e. The fraction of sp³-hybridized carbons (Fsp3) is 0.429. The van der Waals surface area contributed by atoms with Crippen molar-refractivity contribution in [2.75, 3.05) is 19.8 Å². The maximum Gasteiger partial charge on any atom is 0.258 e. The van der Waals surface area contributed by atoms with Crippen LogP contribution in [0, 0.1) is 0 Å². The second kappa shape index (κ2) is 7.49. The lowest BCUT2D eigenvalue weighted by Crippen LogP contribution is -2.35. The van der Waals surface area contributed by atoms with Gasteiger partial charge >= 0.3 is 0 Å². The Bertz CT molecular complexity index is 453. The molecule has 0 spiro atoms. The number of nitrogens with one attached hydrogen (secondary N) is 1. The Morgan fingerprint density at radius 3 is 2.95 bits per heavy atom. The van der Waals surface area contributed by atoms with Gasteiger partial charge in [-0.15, -0.1) is 0 Å². The number of hydrogen-bond donors (Lipinski definition) is 2. The molecule has 0 saturated carbocycles. The number of hydrogen-bond acceptors (Lipinski definition) is 5. The summed E-state index contributed by atoms with van der Waals surface area (Å²) in [7, 11) is 0. The Balaban J connectivity index is 1.69. The lowest BCUT2D eigenvalue weighted by Gasteiger charge is -2.11. The van der Waals surface area contributed by atoms with Crippen LogP contribution < -0.4 is 15.9 Å². The molecule has 20 heavy (non-hydrogen) atoms. The first-order chi connectivity index (χ1) is 9.78. The van der Waals surface area contributed by atoms with Gasteiger partial charge in [0.25, 0.3) is 5.91 Å². The summed E-state index contributed by atoms with van der Waals surface area (Å²) in [5, 5.41) is 6.23. The number of carbonyl (C=O) groups excluding carboxylic acids is 1. The summed E-state index contributed by atoms with van der Waals surface area (Å²) in [6.07, 6.45) is 3.76. The molecule has 6 nitrogen and oxygen atoms in total. The summed E-state index contributed by atoms with van der Waals surface area (Å²) in [6, 6.07) is 7.17. The molecule has 6 heteroatoms. The fourth-order valence-corrected chi connectivity index (χ4v) is 1.97. The quantitative estimate of drug-likeness (QED) is 0.454. The van der Waals surface area contributed by atoms with Crippen molar-refractivity contribution in [2.45, 2.75) is 18.9 Å². The van der Waals surface area contributed by atoms with Gasteiger partial charge in [0, 0.05) is 13.2 Å². The monoisotopic (exact) mass is 277 g/mol. The van der Waals surface area contributed by atoms with Gasteiger partial charge in [0.05, 0.1) is 12.3 Å². The Morgan fingerprint density at radius 1 is 1.50 bits per heavy atom. The van der Waals surface area contributed by atoms with Gasteiger partial charge in [0.1, 0.15) is 5.75 Å². The van der Waals surface area contributed by atoms with E-state index in [0.717, 1.165) is 25.0 Å². The maximum atomic E-state index is 11.6. The molecule has 0 aliphatic carbocycles. The third-order valence-corrected chi connectivity index (χ3v) is 3.02. The van der Waals surface area contributed by atoms with Crippen molar-refractivity contribution in [2.24, 2.45) is 10.9 Å². The van der Waals surface area contributed by atoms with Crippen LogP contribution in [0.15, 0.2) is 29.4 Å². The van der Waals surface area contributed by atoms with Crippen molar-refractivity contribution in [3.8, 4) is 5.75 Å². The zero-order valence-corrected chi connectivity index (χ0v) is 11.2. The molecule has 3 N–H and O–H groups in total. The standard InChI is InChI=1S/C14H19N3O3/c15-17-8-11-3-5-12(6-4-11)20-10-14(18)16-9-13-2-1-7-19-13/h3-6,8,13H,1-2,7,9-10,15H2,(H,16,18). The number of ether oxygens (including phenoxy) is 2. The first kappa shape index (κ1) is 14.3. The highest BCUT2D eigenvalue weighted by Gasteiger charge is 2.16. The van der Waals surface area contributed by atoms with E-state index in [0.29, 0.717) is 12.3 Å². The van der Waals surface area contributed by atoms with Crippen molar-refractivity contribution in [1.82, 2.24) is 5.32 Å². The van der Waals surface area contributed by atoms with E-state index in [1.807, 2.05) is 12.1 Å². The Kier molecular flexibility index (Phi) is 5.37. The van der Waals surface area contributed by atoms with Gasteiger partial charge < -0.3 is 20.6 Å². The first-order valence-corrected chi connectivity index (χ1v) is 6.62. The van der Waals surface area contributed by atoms with Crippen LogP contribution in [0.25, 0.3) is 0 Å². The summed E-state index contributed by atoms with van der Waals surface area (Å²) in [4.78, 5) is 11.6. The van der Waals surface area contributed by atoms with Crippen LogP contribution in [0.1, 0.15) is 18.4 Å². The van der Waals surface area contributed by atoms with E-state index < -0.39 is 0 Å². The minimum absolute atomic E-state index is 0.00293. The van der Waals surface area contributed by atoms with E-state index in [1.165, 1.54) is 6.21 Å². The van der Waals surface area contributed by atoms with Crippen molar-refractivity contribution in [3.63, 3.8) is 0 Å². The number of nitrogens with zero attached hydrogens (tertiary/aromatic N) is 1. The zero-order chi connectivity index (χ0) is 14.2. The Morgan fingerprint density at radius 2 is 2.30 bits per heavy atom. The molecular weight excluding hydrogens is 258 g/mol. The lowest BCUT2D eigenvalue weighted by atomic mass is 10.2. The number of rotatable bonds is 6. The molecule has 1 aliphatic rings. The molecule has 1 amide bonds. The topological polar surface area (TPSA) is 85.9 Å². The molecule has 1 atom stereocenters. The van der Waals surface area contributed by atoms with Gasteiger partial charge in [0.15, 0.2) is 6.61 Å². The third kappa shape index (κ3) is 4.55. The number of hydrazone groups is 1. The molecule has 1 saturated heterocycles. The molecule has 1 fully saturated rings. The highest BCUT2D eigenvalue weighted by molar-refractivity contribution is 5.79. The van der Waals surface area contributed by atoms with Gasteiger partial charge in [-0.2, -0.15) is 5.10 Å². The van der Waals surface area contributed by atoms with Crippen molar-refractivity contribution in [1.29, 1.82) is 0 Å². The van der Waals surface area contributed by atoms with E-state index in [9.17, 15) is 4.79 Å². The summed E-state index contributed by atoms with van der Waals surface area (Å²) >= 11 is 0. The van der Waals surface area contributed by atoms with E-state index in [2.05, 4.69) is 10.4 Å². The van der Waals surface area contributed by atoms with Crippen LogP contribution in [-0.4, -0.2) is 38.0 Å².